The number of nitrogens with one attached hydrogen (secondary N) is 1. The Kier molecular flexibility index (Phi) is 5.50. The molecule has 0 fully saturated rings. The maximum Gasteiger partial charge on any atom is 0.257 e. The molecule has 2 aromatic carbocycles. The largest absolute Gasteiger partial charge is 0.332 e. The van der Waals surface area contributed by atoms with Gasteiger partial charge < -0.3 is 10.2 Å². The van der Waals surface area contributed by atoms with Crippen molar-refractivity contribution >= 4 is 33.4 Å². The van der Waals surface area contributed by atoms with Gasteiger partial charge in [-0.15, -0.1) is 0 Å². The SMILES string of the molecule is Cc1ccc(NC(=O)CN(C)C(=O)c2ccc(Br)cc2F)cc1. The van der Waals surface area contributed by atoms with E-state index in [-0.39, 0.29) is 18.0 Å². The van der Waals surface area contributed by atoms with Crippen LogP contribution in [0.5, 0.6) is 0 Å². The van der Waals surface area contributed by atoms with Crippen LogP contribution in [0.4, 0.5) is 10.1 Å². The van der Waals surface area contributed by atoms with Gasteiger partial charge in [-0.3, -0.25) is 9.59 Å². The number of rotatable bonds is 4. The van der Waals surface area contributed by atoms with E-state index in [9.17, 15) is 14.0 Å². The molecule has 0 atom stereocenters. The fourth-order valence-electron chi connectivity index (χ4n) is 1.99. The smallest absolute Gasteiger partial charge is 0.257 e. The molecule has 0 saturated carbocycles. The Morgan fingerprint density at radius 1 is 1.17 bits per heavy atom. The van der Waals surface area contributed by atoms with E-state index in [1.165, 1.54) is 24.1 Å². The number of anilines is 1. The highest BCUT2D eigenvalue weighted by Gasteiger charge is 2.18. The number of hydrogen-bond acceptors (Lipinski definition) is 2. The molecule has 0 aromatic heterocycles. The van der Waals surface area contributed by atoms with Gasteiger partial charge in [-0.25, -0.2) is 4.39 Å². The van der Waals surface area contributed by atoms with Crippen LogP contribution >= 0.6 is 15.9 Å². The second-order valence-corrected chi connectivity index (χ2v) is 6.12. The molecule has 0 unspecified atom stereocenters. The monoisotopic (exact) mass is 378 g/mol. The molecule has 2 aromatic rings. The molecule has 120 valence electrons. The number of nitrogens with zero attached hydrogens (tertiary/aromatic N) is 1. The third-order valence-corrected chi connectivity index (χ3v) is 3.72. The first-order valence-electron chi connectivity index (χ1n) is 6.94. The van der Waals surface area contributed by atoms with E-state index < -0.39 is 11.7 Å². The fourth-order valence-corrected chi connectivity index (χ4v) is 2.33. The van der Waals surface area contributed by atoms with Gasteiger partial charge >= 0.3 is 0 Å². The maximum absolute atomic E-state index is 13.8. The van der Waals surface area contributed by atoms with Gasteiger partial charge in [-0.1, -0.05) is 33.6 Å². The zero-order valence-electron chi connectivity index (χ0n) is 12.8. The predicted molar refractivity (Wildman–Crippen MR) is 90.9 cm³/mol. The first-order valence-corrected chi connectivity index (χ1v) is 7.73. The minimum absolute atomic E-state index is 0.0705. The van der Waals surface area contributed by atoms with Gasteiger partial charge in [0, 0.05) is 17.2 Å². The lowest BCUT2D eigenvalue weighted by Gasteiger charge is -2.17. The van der Waals surface area contributed by atoms with Crippen molar-refractivity contribution in [3.05, 3.63) is 63.9 Å². The molecule has 6 heteroatoms. The van der Waals surface area contributed by atoms with Gasteiger partial charge in [0.25, 0.3) is 5.91 Å². The number of likely N-dealkylation sites (N-methyl/N-ethyl adjacent to an activating group) is 1. The second-order valence-electron chi connectivity index (χ2n) is 5.20. The van der Waals surface area contributed by atoms with Crippen LogP contribution in [0.3, 0.4) is 0 Å². The highest BCUT2D eigenvalue weighted by molar-refractivity contribution is 9.10. The van der Waals surface area contributed by atoms with Gasteiger partial charge in [-0.2, -0.15) is 0 Å². The quantitative estimate of drug-likeness (QED) is 0.883. The zero-order chi connectivity index (χ0) is 17.0. The highest BCUT2D eigenvalue weighted by Crippen LogP contribution is 2.16. The molecule has 0 aliphatic carbocycles. The molecule has 2 amide bonds. The summed E-state index contributed by atoms with van der Waals surface area (Å²) in [6, 6.07) is 11.5. The molecule has 0 aliphatic rings. The minimum Gasteiger partial charge on any atom is -0.332 e. The normalized spacial score (nSPS) is 10.3. The number of carbonyl (C=O) groups excluding carboxylic acids is 2. The maximum atomic E-state index is 13.8. The molecular formula is C17H16BrFN2O2. The van der Waals surface area contributed by atoms with Crippen LogP contribution < -0.4 is 5.32 Å². The standard InChI is InChI=1S/C17H16BrFN2O2/c1-11-3-6-13(7-4-11)20-16(22)10-21(2)17(23)14-8-5-12(18)9-15(14)19/h3-9H,10H2,1-2H3,(H,20,22). The van der Waals surface area contributed by atoms with Crippen molar-refractivity contribution in [2.24, 2.45) is 0 Å². The third kappa shape index (κ3) is 4.63. The Hall–Kier alpha value is -2.21. The van der Waals surface area contributed by atoms with Crippen molar-refractivity contribution in [3.63, 3.8) is 0 Å². The van der Waals surface area contributed by atoms with E-state index in [0.29, 0.717) is 10.2 Å². The van der Waals surface area contributed by atoms with Crippen LogP contribution in [-0.2, 0) is 4.79 Å². The minimum atomic E-state index is -0.629. The van der Waals surface area contributed by atoms with Crippen molar-refractivity contribution in [3.8, 4) is 0 Å². The summed E-state index contributed by atoms with van der Waals surface area (Å²) in [6.45, 7) is 1.78. The number of amides is 2. The summed E-state index contributed by atoms with van der Waals surface area (Å²) in [5, 5.41) is 2.70. The number of benzene rings is 2. The summed E-state index contributed by atoms with van der Waals surface area (Å²) >= 11 is 3.14. The summed E-state index contributed by atoms with van der Waals surface area (Å²) in [4.78, 5) is 25.4. The molecule has 0 radical (unpaired) electrons. The second kappa shape index (κ2) is 7.37. The molecule has 0 spiro atoms. The Morgan fingerprint density at radius 3 is 2.43 bits per heavy atom. The van der Waals surface area contributed by atoms with Crippen molar-refractivity contribution in [2.45, 2.75) is 6.92 Å². The number of halogens is 2. The average Bonchev–Trinajstić information content (AvgIpc) is 2.49. The lowest BCUT2D eigenvalue weighted by molar-refractivity contribution is -0.116. The fraction of sp³-hybridized carbons (Fsp3) is 0.176. The van der Waals surface area contributed by atoms with Gasteiger partial charge in [-0.05, 0) is 37.3 Å². The molecule has 23 heavy (non-hydrogen) atoms. The van der Waals surface area contributed by atoms with Crippen LogP contribution in [0.25, 0.3) is 0 Å². The Labute approximate surface area is 142 Å². The lowest BCUT2D eigenvalue weighted by atomic mass is 10.2. The van der Waals surface area contributed by atoms with Gasteiger partial charge in [0.1, 0.15) is 5.82 Å². The molecule has 4 nitrogen and oxygen atoms in total. The average molecular weight is 379 g/mol. The zero-order valence-corrected chi connectivity index (χ0v) is 14.4. The van der Waals surface area contributed by atoms with Crippen molar-refractivity contribution in [2.75, 3.05) is 18.9 Å². The van der Waals surface area contributed by atoms with Crippen molar-refractivity contribution in [1.82, 2.24) is 4.90 Å². The van der Waals surface area contributed by atoms with Crippen LogP contribution in [0.2, 0.25) is 0 Å². The molecule has 1 N–H and O–H groups in total. The number of hydrogen-bond donors (Lipinski definition) is 1. The van der Waals surface area contributed by atoms with Gasteiger partial charge in [0.05, 0.1) is 12.1 Å². The Balaban J connectivity index is 2.00. The summed E-state index contributed by atoms with van der Waals surface area (Å²) in [5.74, 6) is -1.52. The van der Waals surface area contributed by atoms with E-state index in [4.69, 9.17) is 0 Å². The molecule has 0 saturated heterocycles. The topological polar surface area (TPSA) is 49.4 Å². The summed E-state index contributed by atoms with van der Waals surface area (Å²) in [7, 11) is 1.46. The Bertz CT molecular complexity index is 732. The lowest BCUT2D eigenvalue weighted by Crippen LogP contribution is -2.35. The van der Waals surface area contributed by atoms with Crippen LogP contribution in [-0.4, -0.2) is 30.3 Å². The summed E-state index contributed by atoms with van der Waals surface area (Å²) < 4.78 is 14.4. The van der Waals surface area contributed by atoms with Gasteiger partial charge in [0.15, 0.2) is 0 Å². The first-order chi connectivity index (χ1) is 10.9. The third-order valence-electron chi connectivity index (χ3n) is 3.22. The van der Waals surface area contributed by atoms with Crippen LogP contribution in [0, 0.1) is 12.7 Å². The molecule has 2 rings (SSSR count). The number of carbonyl (C=O) groups is 2. The molecule has 0 bridgehead atoms. The molecular weight excluding hydrogens is 363 g/mol. The van der Waals surface area contributed by atoms with Crippen molar-refractivity contribution in [1.29, 1.82) is 0 Å². The highest BCUT2D eigenvalue weighted by atomic mass is 79.9. The van der Waals surface area contributed by atoms with E-state index >= 15 is 0 Å². The number of aryl methyl sites for hydroxylation is 1. The molecule has 0 heterocycles. The van der Waals surface area contributed by atoms with Crippen LogP contribution in [0.15, 0.2) is 46.9 Å². The van der Waals surface area contributed by atoms with Crippen LogP contribution in [0.1, 0.15) is 15.9 Å². The van der Waals surface area contributed by atoms with E-state index in [2.05, 4.69) is 21.2 Å². The summed E-state index contributed by atoms with van der Waals surface area (Å²) in [6.07, 6.45) is 0. The predicted octanol–water partition coefficient (Wildman–Crippen LogP) is 3.61. The van der Waals surface area contributed by atoms with E-state index in [0.717, 1.165) is 5.56 Å². The van der Waals surface area contributed by atoms with Gasteiger partial charge in [0.2, 0.25) is 5.91 Å². The van der Waals surface area contributed by atoms with E-state index in [1.807, 2.05) is 19.1 Å². The summed E-state index contributed by atoms with van der Waals surface area (Å²) in [5.41, 5.74) is 1.66. The first kappa shape index (κ1) is 17.1. The molecule has 0 aliphatic heterocycles. The Morgan fingerprint density at radius 2 is 1.83 bits per heavy atom. The van der Waals surface area contributed by atoms with E-state index in [1.54, 1.807) is 18.2 Å². The van der Waals surface area contributed by atoms with Crippen molar-refractivity contribution < 1.29 is 14.0 Å².